The van der Waals surface area contributed by atoms with Crippen LogP contribution in [0.5, 0.6) is 17.2 Å². The Balaban J connectivity index is 1.40. The van der Waals surface area contributed by atoms with Crippen LogP contribution in [-0.2, 0) is 11.8 Å². The summed E-state index contributed by atoms with van der Waals surface area (Å²) in [5.41, 5.74) is 2.56. The van der Waals surface area contributed by atoms with Crippen molar-refractivity contribution in [1.29, 1.82) is 0 Å². The highest BCUT2D eigenvalue weighted by Crippen LogP contribution is 2.27. The highest BCUT2D eigenvalue weighted by Gasteiger charge is 2.09. The molecule has 0 fully saturated rings. The van der Waals surface area contributed by atoms with Crippen molar-refractivity contribution in [1.82, 2.24) is 4.57 Å². The molecule has 0 radical (unpaired) electrons. The fourth-order valence-corrected chi connectivity index (χ4v) is 4.20. The number of aryl methyl sites for hydroxylation is 1. The number of carbonyl (C=O) groups excluding carboxylic acids is 1. The highest BCUT2D eigenvalue weighted by molar-refractivity contribution is 7.16. The number of ether oxygens (including phenoxy) is 3. The van der Waals surface area contributed by atoms with E-state index in [0.717, 1.165) is 20.6 Å². The smallest absolute Gasteiger partial charge is 0.262 e. The molecule has 0 atom stereocenters. The quantitative estimate of drug-likeness (QED) is 0.305. The van der Waals surface area contributed by atoms with Crippen LogP contribution in [0.2, 0.25) is 0 Å². The molecule has 1 heterocycles. The molecule has 4 aromatic rings. The van der Waals surface area contributed by atoms with Gasteiger partial charge in [-0.15, -0.1) is 5.10 Å². The van der Waals surface area contributed by atoms with Gasteiger partial charge in [-0.2, -0.15) is 5.10 Å². The molecule has 1 amide bonds. The first-order valence-electron chi connectivity index (χ1n) is 10.4. The van der Waals surface area contributed by atoms with E-state index < -0.39 is 0 Å². The zero-order chi connectivity index (χ0) is 23.9. The molecule has 0 saturated heterocycles. The summed E-state index contributed by atoms with van der Waals surface area (Å²) in [6.07, 6.45) is 1.65. The van der Waals surface area contributed by atoms with Gasteiger partial charge in [0.25, 0.3) is 5.91 Å². The third kappa shape index (κ3) is 5.44. The lowest BCUT2D eigenvalue weighted by Crippen LogP contribution is -2.20. The van der Waals surface area contributed by atoms with E-state index in [4.69, 9.17) is 14.2 Å². The normalized spacial score (nSPS) is 11.7. The van der Waals surface area contributed by atoms with Gasteiger partial charge in [-0.1, -0.05) is 23.5 Å². The number of aromatic nitrogens is 1. The van der Waals surface area contributed by atoms with Gasteiger partial charge >= 0.3 is 0 Å². The lowest BCUT2D eigenvalue weighted by molar-refractivity contribution is -0.118. The number of rotatable bonds is 8. The molecular formula is C25H24N4O4S. The van der Waals surface area contributed by atoms with Crippen LogP contribution in [0.4, 0.5) is 5.69 Å². The highest BCUT2D eigenvalue weighted by atomic mass is 32.1. The summed E-state index contributed by atoms with van der Waals surface area (Å²) in [4.78, 5) is 13.0. The first-order valence-corrected chi connectivity index (χ1v) is 11.3. The minimum absolute atomic E-state index is 0.159. The van der Waals surface area contributed by atoms with Crippen LogP contribution in [0.1, 0.15) is 5.56 Å². The number of methoxy groups -OCH3 is 2. The van der Waals surface area contributed by atoms with E-state index in [1.807, 2.05) is 29.8 Å². The number of anilines is 1. The summed E-state index contributed by atoms with van der Waals surface area (Å²) >= 11 is 1.57. The van der Waals surface area contributed by atoms with Crippen molar-refractivity contribution in [3.8, 4) is 17.2 Å². The minimum Gasteiger partial charge on any atom is -0.497 e. The number of carbonyl (C=O) groups is 1. The van der Waals surface area contributed by atoms with Crippen LogP contribution in [0.3, 0.4) is 0 Å². The van der Waals surface area contributed by atoms with E-state index >= 15 is 0 Å². The largest absolute Gasteiger partial charge is 0.497 e. The topological polar surface area (TPSA) is 86.4 Å². The maximum absolute atomic E-state index is 12.2. The molecule has 0 aliphatic heterocycles. The molecule has 3 aromatic carbocycles. The van der Waals surface area contributed by atoms with Crippen LogP contribution >= 0.6 is 11.3 Å². The third-order valence-corrected chi connectivity index (χ3v) is 6.09. The van der Waals surface area contributed by atoms with E-state index in [2.05, 4.69) is 27.7 Å². The number of amides is 1. The first-order chi connectivity index (χ1) is 16.6. The molecule has 1 aromatic heterocycles. The van der Waals surface area contributed by atoms with E-state index in [1.165, 1.54) is 0 Å². The van der Waals surface area contributed by atoms with Crippen molar-refractivity contribution < 1.29 is 19.0 Å². The van der Waals surface area contributed by atoms with Gasteiger partial charge in [0.05, 0.1) is 30.7 Å². The molecule has 0 bridgehead atoms. The Morgan fingerprint density at radius 3 is 2.56 bits per heavy atom. The number of fused-ring (bicyclic) bond motifs is 1. The Labute approximate surface area is 200 Å². The Morgan fingerprint density at radius 2 is 1.82 bits per heavy atom. The Kier molecular flexibility index (Phi) is 7.24. The molecule has 0 aliphatic carbocycles. The standard InChI is InChI=1S/C25H24N4O4S/c1-29-20-6-4-5-7-23(20)34-25(29)28-26-15-17-8-13-21(22(14-17)32-3)33-16-24(30)27-18-9-11-19(31-2)12-10-18/h4-15H,16H2,1-3H3,(H,27,30)/b26-15+,28-25-. The van der Waals surface area contributed by atoms with Gasteiger partial charge in [0.15, 0.2) is 18.1 Å². The average molecular weight is 477 g/mol. The fraction of sp³-hybridized carbons (Fsp3) is 0.160. The number of benzene rings is 3. The Morgan fingerprint density at radius 1 is 1.03 bits per heavy atom. The first kappa shape index (κ1) is 23.1. The number of nitrogens with one attached hydrogen (secondary N) is 1. The maximum atomic E-state index is 12.2. The number of hydrogen-bond acceptors (Lipinski definition) is 7. The average Bonchev–Trinajstić information content (AvgIpc) is 3.19. The molecule has 0 spiro atoms. The van der Waals surface area contributed by atoms with Crippen LogP contribution in [0.15, 0.2) is 76.9 Å². The number of thiazole rings is 1. The summed E-state index contributed by atoms with van der Waals surface area (Å²) in [7, 11) is 5.10. The van der Waals surface area contributed by atoms with Crippen molar-refractivity contribution in [2.75, 3.05) is 26.1 Å². The van der Waals surface area contributed by atoms with E-state index in [-0.39, 0.29) is 12.5 Å². The van der Waals surface area contributed by atoms with Crippen molar-refractivity contribution >= 4 is 39.4 Å². The van der Waals surface area contributed by atoms with Crippen molar-refractivity contribution in [3.05, 3.63) is 77.1 Å². The molecule has 0 aliphatic rings. The Bertz CT molecular complexity index is 1390. The molecule has 1 N–H and O–H groups in total. The van der Waals surface area contributed by atoms with Gasteiger partial charge in [-0.05, 0) is 60.2 Å². The molecule has 0 saturated carbocycles. The summed E-state index contributed by atoms with van der Waals surface area (Å²) in [5.74, 6) is 1.38. The molecule has 4 rings (SSSR count). The summed E-state index contributed by atoms with van der Waals surface area (Å²) < 4.78 is 19.3. The lowest BCUT2D eigenvalue weighted by atomic mass is 10.2. The summed E-state index contributed by atoms with van der Waals surface area (Å²) in [5, 5.41) is 11.3. The van der Waals surface area contributed by atoms with E-state index in [9.17, 15) is 4.79 Å². The zero-order valence-corrected chi connectivity index (χ0v) is 19.8. The second-order valence-electron chi connectivity index (χ2n) is 7.23. The number of para-hydroxylation sites is 1. The monoisotopic (exact) mass is 476 g/mol. The van der Waals surface area contributed by atoms with Crippen LogP contribution in [0.25, 0.3) is 10.2 Å². The lowest BCUT2D eigenvalue weighted by Gasteiger charge is -2.11. The molecular weight excluding hydrogens is 452 g/mol. The predicted octanol–water partition coefficient (Wildman–Crippen LogP) is 4.21. The van der Waals surface area contributed by atoms with Crippen LogP contribution in [0, 0.1) is 0 Å². The minimum atomic E-state index is -0.284. The van der Waals surface area contributed by atoms with E-state index in [0.29, 0.717) is 22.9 Å². The maximum Gasteiger partial charge on any atom is 0.262 e. The van der Waals surface area contributed by atoms with Gasteiger partial charge < -0.3 is 24.1 Å². The molecule has 8 nitrogen and oxygen atoms in total. The van der Waals surface area contributed by atoms with Gasteiger partial charge in [0.2, 0.25) is 4.80 Å². The van der Waals surface area contributed by atoms with Crippen LogP contribution in [-0.4, -0.2) is 37.5 Å². The summed E-state index contributed by atoms with van der Waals surface area (Å²) in [6, 6.07) is 20.5. The van der Waals surface area contributed by atoms with Crippen molar-refractivity contribution in [2.45, 2.75) is 0 Å². The SMILES string of the molecule is COc1ccc(NC(=O)COc2ccc(/C=N/N=c3\sc4ccccc4n3C)cc2OC)cc1. The number of hydrogen-bond donors (Lipinski definition) is 1. The predicted molar refractivity (Wildman–Crippen MR) is 134 cm³/mol. The third-order valence-electron chi connectivity index (χ3n) is 4.99. The van der Waals surface area contributed by atoms with Crippen molar-refractivity contribution in [2.24, 2.45) is 17.3 Å². The molecule has 34 heavy (non-hydrogen) atoms. The van der Waals surface area contributed by atoms with E-state index in [1.54, 1.807) is 68.2 Å². The van der Waals surface area contributed by atoms with Gasteiger partial charge in [-0.3, -0.25) is 4.79 Å². The van der Waals surface area contributed by atoms with Gasteiger partial charge in [0, 0.05) is 12.7 Å². The van der Waals surface area contributed by atoms with Gasteiger partial charge in [0.1, 0.15) is 5.75 Å². The molecule has 9 heteroatoms. The molecule has 0 unspecified atom stereocenters. The number of nitrogens with zero attached hydrogens (tertiary/aromatic N) is 3. The zero-order valence-electron chi connectivity index (χ0n) is 19.0. The Hall–Kier alpha value is -4.11. The van der Waals surface area contributed by atoms with Crippen molar-refractivity contribution in [3.63, 3.8) is 0 Å². The fourth-order valence-electron chi connectivity index (χ4n) is 3.22. The van der Waals surface area contributed by atoms with Gasteiger partial charge in [-0.25, -0.2) is 0 Å². The van der Waals surface area contributed by atoms with Crippen LogP contribution < -0.4 is 24.3 Å². The second-order valence-corrected chi connectivity index (χ2v) is 8.24. The second kappa shape index (κ2) is 10.7. The molecule has 174 valence electrons. The summed E-state index contributed by atoms with van der Waals surface area (Å²) in [6.45, 7) is -0.159.